The lowest BCUT2D eigenvalue weighted by atomic mass is 9.96. The zero-order valence-corrected chi connectivity index (χ0v) is 12.9. The molecule has 1 heteroatoms. The van der Waals surface area contributed by atoms with Crippen LogP contribution in [0.25, 0.3) is 5.57 Å². The molecule has 0 saturated carbocycles. The number of allylic oxidation sites excluding steroid dienone is 7. The lowest BCUT2D eigenvalue weighted by Gasteiger charge is -2.09. The average Bonchev–Trinajstić information content (AvgIpc) is 2.39. The van der Waals surface area contributed by atoms with Crippen LogP contribution in [-0.4, -0.2) is 0 Å². The third-order valence-electron chi connectivity index (χ3n) is 3.13. The Morgan fingerprint density at radius 3 is 2.11 bits per heavy atom. The second-order valence-corrected chi connectivity index (χ2v) is 5.12. The summed E-state index contributed by atoms with van der Waals surface area (Å²) in [5.74, 6) is 0. The summed E-state index contributed by atoms with van der Waals surface area (Å²) in [6, 6.07) is 7.95. The van der Waals surface area contributed by atoms with Crippen molar-refractivity contribution in [3.63, 3.8) is 0 Å². The maximum absolute atomic E-state index is 5.92. The van der Waals surface area contributed by atoms with Crippen molar-refractivity contribution in [1.82, 2.24) is 0 Å². The lowest BCUT2D eigenvalue weighted by Crippen LogP contribution is -1.88. The van der Waals surface area contributed by atoms with Gasteiger partial charge in [-0.15, -0.1) is 0 Å². The van der Waals surface area contributed by atoms with E-state index in [1.807, 2.05) is 25.1 Å². The highest BCUT2D eigenvalue weighted by atomic mass is 35.5. The zero-order chi connectivity index (χ0) is 14.4. The van der Waals surface area contributed by atoms with Crippen LogP contribution in [0, 0.1) is 0 Å². The van der Waals surface area contributed by atoms with Crippen molar-refractivity contribution in [3.8, 4) is 0 Å². The van der Waals surface area contributed by atoms with Crippen molar-refractivity contribution in [2.24, 2.45) is 0 Å². The molecule has 0 aromatic heterocycles. The van der Waals surface area contributed by atoms with Crippen molar-refractivity contribution in [2.45, 2.75) is 27.7 Å². The fraction of sp³-hybridized carbons (Fsp3) is 0.222. The average molecular weight is 273 g/mol. The minimum atomic E-state index is 0.766. The number of rotatable bonds is 4. The van der Waals surface area contributed by atoms with Crippen LogP contribution in [0.4, 0.5) is 0 Å². The Hall–Kier alpha value is -1.53. The van der Waals surface area contributed by atoms with Gasteiger partial charge in [0.15, 0.2) is 0 Å². The van der Waals surface area contributed by atoms with Crippen LogP contribution in [0.3, 0.4) is 0 Å². The minimum Gasteiger partial charge on any atom is -0.0961 e. The first kappa shape index (κ1) is 15.5. The highest BCUT2D eigenvalue weighted by Gasteiger charge is 2.03. The zero-order valence-electron chi connectivity index (χ0n) is 12.1. The summed E-state index contributed by atoms with van der Waals surface area (Å²) in [5.41, 5.74) is 6.00. The van der Waals surface area contributed by atoms with E-state index in [0.717, 1.165) is 10.6 Å². The quantitative estimate of drug-likeness (QED) is 0.572. The van der Waals surface area contributed by atoms with Crippen molar-refractivity contribution in [2.75, 3.05) is 0 Å². The van der Waals surface area contributed by atoms with Gasteiger partial charge in [-0.05, 0) is 62.1 Å². The molecule has 0 heterocycles. The van der Waals surface area contributed by atoms with Crippen molar-refractivity contribution < 1.29 is 0 Å². The molecule has 0 aliphatic rings. The Balaban J connectivity index is 3.13. The molecule has 0 aliphatic carbocycles. The van der Waals surface area contributed by atoms with Gasteiger partial charge in [-0.2, -0.15) is 0 Å². The van der Waals surface area contributed by atoms with Gasteiger partial charge in [0, 0.05) is 5.02 Å². The van der Waals surface area contributed by atoms with Gasteiger partial charge in [0.1, 0.15) is 0 Å². The fourth-order valence-electron chi connectivity index (χ4n) is 1.80. The van der Waals surface area contributed by atoms with Crippen LogP contribution in [-0.2, 0) is 0 Å². The Kier molecular flexibility index (Phi) is 5.85. The van der Waals surface area contributed by atoms with Gasteiger partial charge in [-0.1, -0.05) is 54.1 Å². The molecule has 0 spiro atoms. The summed E-state index contributed by atoms with van der Waals surface area (Å²) < 4.78 is 0. The van der Waals surface area contributed by atoms with Gasteiger partial charge < -0.3 is 0 Å². The van der Waals surface area contributed by atoms with Gasteiger partial charge in [-0.25, -0.2) is 0 Å². The lowest BCUT2D eigenvalue weighted by molar-refractivity contribution is 1.37. The molecule has 1 aromatic carbocycles. The van der Waals surface area contributed by atoms with Gasteiger partial charge >= 0.3 is 0 Å². The Morgan fingerprint density at radius 1 is 1.05 bits per heavy atom. The number of hydrogen-bond acceptors (Lipinski definition) is 0. The minimum absolute atomic E-state index is 0.766. The predicted molar refractivity (Wildman–Crippen MR) is 87.4 cm³/mol. The normalized spacial score (nSPS) is 13.6. The molecule has 1 aromatic rings. The smallest absolute Gasteiger partial charge is 0.0406 e. The molecule has 0 saturated heterocycles. The van der Waals surface area contributed by atoms with Crippen LogP contribution >= 0.6 is 11.6 Å². The molecule has 0 atom stereocenters. The molecular weight excluding hydrogens is 252 g/mol. The third kappa shape index (κ3) is 4.57. The van der Waals surface area contributed by atoms with Gasteiger partial charge in [-0.3, -0.25) is 0 Å². The van der Waals surface area contributed by atoms with E-state index in [1.165, 1.54) is 22.3 Å². The molecule has 0 amide bonds. The summed E-state index contributed by atoms with van der Waals surface area (Å²) in [6.07, 6.45) is 6.26. The highest BCUT2D eigenvalue weighted by molar-refractivity contribution is 6.30. The second-order valence-electron chi connectivity index (χ2n) is 4.68. The molecule has 19 heavy (non-hydrogen) atoms. The molecule has 0 aliphatic heterocycles. The van der Waals surface area contributed by atoms with Gasteiger partial charge in [0.05, 0.1) is 0 Å². The molecule has 0 radical (unpaired) electrons. The van der Waals surface area contributed by atoms with Gasteiger partial charge in [0.25, 0.3) is 0 Å². The van der Waals surface area contributed by atoms with Crippen molar-refractivity contribution in [1.29, 1.82) is 0 Å². The Labute approximate surface area is 121 Å². The second kappa shape index (κ2) is 7.16. The fourth-order valence-corrected chi connectivity index (χ4v) is 1.93. The van der Waals surface area contributed by atoms with E-state index < -0.39 is 0 Å². The number of hydrogen-bond donors (Lipinski definition) is 0. The monoisotopic (exact) mass is 272 g/mol. The molecule has 0 fully saturated rings. The number of halogens is 1. The van der Waals surface area contributed by atoms with E-state index in [9.17, 15) is 0 Å². The summed E-state index contributed by atoms with van der Waals surface area (Å²) in [5, 5.41) is 0.766. The first-order chi connectivity index (χ1) is 8.95. The SMILES string of the molecule is C=C(C)\C=C/C(=C/C)C(/C)=C(/C)c1ccc(Cl)cc1. The topological polar surface area (TPSA) is 0 Å². The van der Waals surface area contributed by atoms with E-state index in [-0.39, 0.29) is 0 Å². The van der Waals surface area contributed by atoms with Crippen LogP contribution < -0.4 is 0 Å². The van der Waals surface area contributed by atoms with Crippen molar-refractivity contribution >= 4 is 17.2 Å². The predicted octanol–water partition coefficient (Wildman–Crippen LogP) is 6.21. The van der Waals surface area contributed by atoms with E-state index in [0.29, 0.717) is 0 Å². The first-order valence-electron chi connectivity index (χ1n) is 6.39. The summed E-state index contributed by atoms with van der Waals surface area (Å²) >= 11 is 5.92. The summed E-state index contributed by atoms with van der Waals surface area (Å²) in [7, 11) is 0. The molecule has 0 bridgehead atoms. The molecule has 0 unspecified atom stereocenters. The molecule has 100 valence electrons. The van der Waals surface area contributed by atoms with E-state index >= 15 is 0 Å². The standard InChI is InChI=1S/C18H21Cl/c1-6-16(8-7-13(2)3)14(4)15(5)17-9-11-18(19)12-10-17/h6-12H,2H2,1,3-5H3/b8-7-,15-14-,16-6-. The molecular formula is C18H21Cl. The Bertz CT molecular complexity index is 540. The van der Waals surface area contributed by atoms with Crippen LogP contribution in [0.15, 0.2) is 65.8 Å². The Morgan fingerprint density at radius 2 is 1.63 bits per heavy atom. The third-order valence-corrected chi connectivity index (χ3v) is 3.38. The van der Waals surface area contributed by atoms with E-state index in [2.05, 4.69) is 51.6 Å². The first-order valence-corrected chi connectivity index (χ1v) is 6.77. The van der Waals surface area contributed by atoms with Crippen LogP contribution in [0.1, 0.15) is 33.3 Å². The maximum atomic E-state index is 5.92. The van der Waals surface area contributed by atoms with Crippen LogP contribution in [0.5, 0.6) is 0 Å². The molecule has 1 rings (SSSR count). The van der Waals surface area contributed by atoms with E-state index in [1.54, 1.807) is 0 Å². The molecule has 0 nitrogen and oxygen atoms in total. The summed E-state index contributed by atoms with van der Waals surface area (Å²) in [6.45, 7) is 12.2. The summed E-state index contributed by atoms with van der Waals surface area (Å²) in [4.78, 5) is 0. The highest BCUT2D eigenvalue weighted by Crippen LogP contribution is 2.25. The maximum Gasteiger partial charge on any atom is 0.0406 e. The van der Waals surface area contributed by atoms with Gasteiger partial charge in [0.2, 0.25) is 0 Å². The van der Waals surface area contributed by atoms with Crippen LogP contribution in [0.2, 0.25) is 5.02 Å². The largest absolute Gasteiger partial charge is 0.0961 e. The van der Waals surface area contributed by atoms with Crippen molar-refractivity contribution in [3.05, 3.63) is 76.4 Å². The molecule has 0 N–H and O–H groups in total. The van der Waals surface area contributed by atoms with E-state index in [4.69, 9.17) is 11.6 Å². The number of benzene rings is 1.